The highest BCUT2D eigenvalue weighted by atomic mass is 16.7. The minimum Gasteiger partial charge on any atom is -0.394 e. The number of amides is 1. The van der Waals surface area contributed by atoms with Gasteiger partial charge in [-0.2, -0.15) is 0 Å². The first-order chi connectivity index (χ1) is 27.3. The van der Waals surface area contributed by atoms with Gasteiger partial charge in [-0.15, -0.1) is 0 Å². The van der Waals surface area contributed by atoms with Crippen molar-refractivity contribution in [2.45, 2.75) is 223 Å². The molecule has 326 valence electrons. The normalized spacial score (nSPS) is 22.2. The first kappa shape index (κ1) is 52.1. The third-order valence-electron chi connectivity index (χ3n) is 10.5. The minimum absolute atomic E-state index is 0.285. The van der Waals surface area contributed by atoms with Gasteiger partial charge in [0.25, 0.3) is 0 Å². The maximum atomic E-state index is 13.0. The Morgan fingerprint density at radius 3 is 1.57 bits per heavy atom. The summed E-state index contributed by atoms with van der Waals surface area (Å²) < 4.78 is 11.1. The van der Waals surface area contributed by atoms with Crippen molar-refractivity contribution in [3.63, 3.8) is 0 Å². The van der Waals surface area contributed by atoms with Gasteiger partial charge in [0.15, 0.2) is 6.29 Å². The Hall–Kier alpha value is -1.89. The van der Waals surface area contributed by atoms with E-state index in [-0.39, 0.29) is 13.0 Å². The van der Waals surface area contributed by atoms with E-state index < -0.39 is 61.5 Å². The average molecular weight is 794 g/mol. The van der Waals surface area contributed by atoms with Crippen molar-refractivity contribution in [2.24, 2.45) is 0 Å². The van der Waals surface area contributed by atoms with Gasteiger partial charge >= 0.3 is 0 Å². The van der Waals surface area contributed by atoms with Crippen LogP contribution in [0.5, 0.6) is 0 Å². The summed E-state index contributed by atoms with van der Waals surface area (Å²) >= 11 is 0. The van der Waals surface area contributed by atoms with Gasteiger partial charge in [-0.05, 0) is 70.6 Å². The van der Waals surface area contributed by atoms with Crippen LogP contribution in [0.15, 0.2) is 48.6 Å². The summed E-state index contributed by atoms with van der Waals surface area (Å²) in [6, 6.07) is -1.01. The van der Waals surface area contributed by atoms with Gasteiger partial charge in [-0.25, -0.2) is 0 Å². The predicted octanol–water partition coefficient (Wildman–Crippen LogP) is 8.03. The molecule has 1 aliphatic rings. The zero-order valence-corrected chi connectivity index (χ0v) is 35.2. The molecule has 0 aromatic rings. The molecule has 8 atom stereocenters. The van der Waals surface area contributed by atoms with E-state index in [4.69, 9.17) is 9.47 Å². The number of ether oxygens (including phenoxy) is 2. The van der Waals surface area contributed by atoms with Crippen LogP contribution in [0.1, 0.15) is 174 Å². The van der Waals surface area contributed by atoms with E-state index in [0.717, 1.165) is 57.8 Å². The molecular weight excluding hydrogens is 711 g/mol. The number of hydrogen-bond donors (Lipinski definition) is 7. The van der Waals surface area contributed by atoms with Crippen molar-refractivity contribution >= 4 is 5.91 Å². The molecule has 1 aliphatic heterocycles. The van der Waals surface area contributed by atoms with Gasteiger partial charge in [0.2, 0.25) is 5.91 Å². The van der Waals surface area contributed by atoms with E-state index in [1.165, 1.54) is 83.5 Å². The number of rotatable bonds is 36. The molecule has 10 nitrogen and oxygen atoms in total. The molecule has 0 bridgehead atoms. The smallest absolute Gasteiger partial charge is 0.249 e. The van der Waals surface area contributed by atoms with Crippen molar-refractivity contribution in [2.75, 3.05) is 13.2 Å². The Morgan fingerprint density at radius 1 is 0.607 bits per heavy atom. The molecule has 1 rings (SSSR count). The SMILES string of the molecule is CCCCCC/C=C/CC/C=C/CC/C=C/C(O)C(COC1OC(CO)C(O)C(O)C1O)NC(=O)C(O)CCCCCC/C=C\CCCCCCCCCCC. The van der Waals surface area contributed by atoms with Gasteiger partial charge in [0.05, 0.1) is 25.4 Å². The van der Waals surface area contributed by atoms with Crippen LogP contribution >= 0.6 is 0 Å². The van der Waals surface area contributed by atoms with Crippen LogP contribution in [-0.4, -0.2) is 98.7 Å². The van der Waals surface area contributed by atoms with Gasteiger partial charge in [0.1, 0.15) is 30.5 Å². The monoisotopic (exact) mass is 794 g/mol. The fourth-order valence-electron chi connectivity index (χ4n) is 6.72. The molecule has 10 heteroatoms. The zero-order chi connectivity index (χ0) is 41.1. The number of hydrogen-bond acceptors (Lipinski definition) is 9. The average Bonchev–Trinajstić information content (AvgIpc) is 3.20. The van der Waals surface area contributed by atoms with Crippen molar-refractivity contribution in [1.82, 2.24) is 5.32 Å². The third-order valence-corrected chi connectivity index (χ3v) is 10.5. The second-order valence-electron chi connectivity index (χ2n) is 15.6. The Kier molecular flexibility index (Phi) is 33.7. The minimum atomic E-state index is -1.62. The van der Waals surface area contributed by atoms with Crippen molar-refractivity contribution in [3.8, 4) is 0 Å². The lowest BCUT2D eigenvalue weighted by Gasteiger charge is -2.40. The van der Waals surface area contributed by atoms with Crippen molar-refractivity contribution in [3.05, 3.63) is 48.6 Å². The zero-order valence-electron chi connectivity index (χ0n) is 35.2. The molecule has 0 spiro atoms. The lowest BCUT2D eigenvalue weighted by atomic mass is 9.99. The number of aliphatic hydroxyl groups excluding tert-OH is 6. The van der Waals surface area contributed by atoms with Crippen molar-refractivity contribution < 1.29 is 44.9 Å². The number of allylic oxidation sites excluding steroid dienone is 7. The molecule has 8 unspecified atom stereocenters. The standard InChI is InChI=1S/C46H83NO9/c1-3-5-7-9-11-13-15-17-19-20-21-23-25-27-29-31-33-35-40(50)45(54)47-38(37-55-46-44(53)43(52)42(51)41(36-48)56-46)39(49)34-32-30-28-26-24-22-18-16-14-12-10-8-6-4-2/h14,16,21,23-24,26,32,34,38-44,46,48-53H,3-13,15,17-20,22,25,27-31,33,35-37H2,1-2H3,(H,47,54)/b16-14+,23-21-,26-24+,34-32+. The van der Waals surface area contributed by atoms with Crippen LogP contribution in [0.3, 0.4) is 0 Å². The number of carbonyl (C=O) groups is 1. The van der Waals surface area contributed by atoms with E-state index in [2.05, 4.69) is 55.6 Å². The Labute approximate surface area is 340 Å². The molecule has 0 saturated carbocycles. The summed E-state index contributed by atoms with van der Waals surface area (Å²) in [6.45, 7) is 3.54. The van der Waals surface area contributed by atoms with E-state index in [1.807, 2.05) is 6.08 Å². The molecular formula is C46H83NO9. The summed E-state index contributed by atoms with van der Waals surface area (Å²) in [7, 11) is 0. The topological polar surface area (TPSA) is 169 Å². The van der Waals surface area contributed by atoms with Crippen LogP contribution in [0.25, 0.3) is 0 Å². The number of carbonyl (C=O) groups excluding carboxylic acids is 1. The molecule has 7 N–H and O–H groups in total. The lowest BCUT2D eigenvalue weighted by Crippen LogP contribution is -2.60. The first-order valence-corrected chi connectivity index (χ1v) is 22.5. The van der Waals surface area contributed by atoms with Gasteiger partial charge in [-0.1, -0.05) is 152 Å². The Balaban J connectivity index is 2.47. The maximum absolute atomic E-state index is 13.0. The maximum Gasteiger partial charge on any atom is 0.249 e. The van der Waals surface area contributed by atoms with Crippen LogP contribution in [0.2, 0.25) is 0 Å². The highest BCUT2D eigenvalue weighted by Gasteiger charge is 2.44. The highest BCUT2D eigenvalue weighted by Crippen LogP contribution is 2.22. The summed E-state index contributed by atoms with van der Waals surface area (Å²) in [5.74, 6) is -0.641. The van der Waals surface area contributed by atoms with Crippen LogP contribution in [0, 0.1) is 0 Å². The summed E-state index contributed by atoms with van der Waals surface area (Å²) in [5.41, 5.74) is 0. The highest BCUT2D eigenvalue weighted by molar-refractivity contribution is 5.80. The molecule has 0 radical (unpaired) electrons. The van der Waals surface area contributed by atoms with Crippen LogP contribution in [0.4, 0.5) is 0 Å². The van der Waals surface area contributed by atoms with Gasteiger partial charge in [-0.3, -0.25) is 4.79 Å². The van der Waals surface area contributed by atoms with E-state index in [1.54, 1.807) is 6.08 Å². The summed E-state index contributed by atoms with van der Waals surface area (Å²) in [4.78, 5) is 13.0. The van der Waals surface area contributed by atoms with Gasteiger partial charge in [0, 0.05) is 0 Å². The largest absolute Gasteiger partial charge is 0.394 e. The molecule has 0 aromatic heterocycles. The molecule has 0 aromatic carbocycles. The number of unbranched alkanes of at least 4 members (excludes halogenated alkanes) is 19. The van der Waals surface area contributed by atoms with E-state index in [0.29, 0.717) is 12.8 Å². The first-order valence-electron chi connectivity index (χ1n) is 22.5. The second-order valence-corrected chi connectivity index (χ2v) is 15.6. The molecule has 1 fully saturated rings. The Morgan fingerprint density at radius 2 is 1.05 bits per heavy atom. The molecule has 1 heterocycles. The molecule has 0 aliphatic carbocycles. The van der Waals surface area contributed by atoms with Crippen LogP contribution in [-0.2, 0) is 14.3 Å². The number of aliphatic hydroxyl groups is 6. The van der Waals surface area contributed by atoms with E-state index in [9.17, 15) is 35.4 Å². The molecule has 1 amide bonds. The lowest BCUT2D eigenvalue weighted by molar-refractivity contribution is -0.302. The summed E-state index contributed by atoms with van der Waals surface area (Å²) in [6.07, 6.45) is 34.8. The van der Waals surface area contributed by atoms with Gasteiger partial charge < -0.3 is 45.4 Å². The van der Waals surface area contributed by atoms with Crippen molar-refractivity contribution in [1.29, 1.82) is 0 Å². The Bertz CT molecular complexity index is 1030. The molecule has 1 saturated heterocycles. The van der Waals surface area contributed by atoms with E-state index >= 15 is 0 Å². The summed E-state index contributed by atoms with van der Waals surface area (Å²) in [5, 5.41) is 64.5. The predicted molar refractivity (Wildman–Crippen MR) is 227 cm³/mol. The number of nitrogens with one attached hydrogen (secondary N) is 1. The van der Waals surface area contributed by atoms with Crippen LogP contribution < -0.4 is 5.32 Å². The fourth-order valence-corrected chi connectivity index (χ4v) is 6.72. The third kappa shape index (κ3) is 26.2. The quantitative estimate of drug-likeness (QED) is 0.0245. The fraction of sp³-hybridized carbons (Fsp3) is 0.804. The second kappa shape index (κ2) is 36.2. The molecule has 56 heavy (non-hydrogen) atoms.